The zero-order valence-corrected chi connectivity index (χ0v) is 37.2. The van der Waals surface area contributed by atoms with Gasteiger partial charge in [0.05, 0.1) is 19.8 Å². The summed E-state index contributed by atoms with van der Waals surface area (Å²) in [5, 5.41) is 18.3. The maximum absolute atomic E-state index is 12.6. The van der Waals surface area contributed by atoms with Crippen molar-refractivity contribution in [1.29, 1.82) is 0 Å². The number of aliphatic hydroxyl groups excluding tert-OH is 2. The monoisotopic (exact) mass is 829 g/mol. The molecule has 3 N–H and O–H groups in total. The SMILES string of the molecule is CCCCCC/C=C/C=C/CCCCCCCC(=O)OC[C@H](COP(=O)(O)OC[C@@H](O)CO)OC(=O)CCCCCCCCCCC/C=C/CCCCCCCC. The molecule has 0 amide bonds. The summed E-state index contributed by atoms with van der Waals surface area (Å²) in [6.07, 6.45) is 43.9. The van der Waals surface area contributed by atoms with E-state index in [1.54, 1.807) is 0 Å². The van der Waals surface area contributed by atoms with Crippen molar-refractivity contribution >= 4 is 19.8 Å². The van der Waals surface area contributed by atoms with E-state index < -0.39 is 51.8 Å². The van der Waals surface area contributed by atoms with E-state index in [1.165, 1.54) is 109 Å². The van der Waals surface area contributed by atoms with E-state index in [-0.39, 0.29) is 19.4 Å². The molecule has 0 radical (unpaired) electrons. The third kappa shape index (κ3) is 42.1. The summed E-state index contributed by atoms with van der Waals surface area (Å²) in [6.45, 7) is 2.35. The highest BCUT2D eigenvalue weighted by atomic mass is 31.2. The fourth-order valence-electron chi connectivity index (χ4n) is 6.21. The third-order valence-electron chi connectivity index (χ3n) is 9.79. The molecule has 0 aliphatic rings. The van der Waals surface area contributed by atoms with Gasteiger partial charge in [-0.2, -0.15) is 0 Å². The van der Waals surface area contributed by atoms with Crippen LogP contribution in [0.15, 0.2) is 36.5 Å². The zero-order chi connectivity index (χ0) is 41.9. The third-order valence-corrected chi connectivity index (χ3v) is 10.7. The highest BCUT2D eigenvalue weighted by Crippen LogP contribution is 2.43. The maximum atomic E-state index is 12.6. The lowest BCUT2D eigenvalue weighted by Crippen LogP contribution is -2.29. The fraction of sp³-hybridized carbons (Fsp3) is 0.826. The number of rotatable bonds is 43. The van der Waals surface area contributed by atoms with E-state index in [9.17, 15) is 24.2 Å². The van der Waals surface area contributed by atoms with Gasteiger partial charge in [-0.05, 0) is 64.2 Å². The minimum absolute atomic E-state index is 0.179. The second-order valence-electron chi connectivity index (χ2n) is 15.5. The standard InChI is InChI=1S/C46H85O10P/c1-3-5-7-9-11-13-15-17-19-20-21-22-24-26-28-30-32-34-36-38-46(50)56-44(42-55-57(51,52)54-40-43(48)39-47)41-53-45(49)37-35-33-31-29-27-25-23-18-16-14-12-10-8-6-4-2/h14,16-19,23,43-44,47-48H,3-13,15,20-22,24-42H2,1-2H3,(H,51,52)/b16-14+,19-17+,23-18+/t43-,44+/m0/s1. The molecule has 0 aliphatic carbocycles. The van der Waals surface area contributed by atoms with Gasteiger partial charge in [-0.3, -0.25) is 18.6 Å². The first-order valence-corrected chi connectivity index (χ1v) is 24.5. The summed E-state index contributed by atoms with van der Waals surface area (Å²) in [5.41, 5.74) is 0. The number of carbonyl (C=O) groups excluding carboxylic acids is 2. The lowest BCUT2D eigenvalue weighted by molar-refractivity contribution is -0.161. The van der Waals surface area contributed by atoms with Crippen molar-refractivity contribution in [2.24, 2.45) is 0 Å². The number of ether oxygens (including phenoxy) is 2. The first-order chi connectivity index (χ1) is 27.7. The molecule has 0 saturated carbocycles. The number of unbranched alkanes of at least 4 members (excludes halogenated alkanes) is 24. The summed E-state index contributed by atoms with van der Waals surface area (Å²) in [4.78, 5) is 35.0. The largest absolute Gasteiger partial charge is 0.472 e. The number of allylic oxidation sites excluding steroid dienone is 6. The van der Waals surface area contributed by atoms with Gasteiger partial charge in [-0.15, -0.1) is 0 Å². The van der Waals surface area contributed by atoms with Crippen LogP contribution in [0.4, 0.5) is 0 Å². The molecule has 334 valence electrons. The Balaban J connectivity index is 4.27. The van der Waals surface area contributed by atoms with Crippen LogP contribution in [0.5, 0.6) is 0 Å². The molecule has 11 heteroatoms. The molecule has 0 aliphatic heterocycles. The number of esters is 2. The van der Waals surface area contributed by atoms with Crippen LogP contribution in [0.1, 0.15) is 206 Å². The molecular weight excluding hydrogens is 743 g/mol. The number of hydrogen-bond donors (Lipinski definition) is 3. The van der Waals surface area contributed by atoms with Crippen LogP contribution < -0.4 is 0 Å². The van der Waals surface area contributed by atoms with Crippen molar-refractivity contribution in [2.45, 2.75) is 219 Å². The first kappa shape index (κ1) is 55.2. The molecule has 0 fully saturated rings. The van der Waals surface area contributed by atoms with E-state index in [0.29, 0.717) is 12.8 Å². The molecule has 0 aromatic carbocycles. The molecule has 0 heterocycles. The van der Waals surface area contributed by atoms with Crippen LogP contribution in [-0.4, -0.2) is 65.7 Å². The quantitative estimate of drug-likeness (QED) is 0.0178. The minimum atomic E-state index is -4.62. The predicted octanol–water partition coefficient (Wildman–Crippen LogP) is 12.3. The molecule has 10 nitrogen and oxygen atoms in total. The van der Waals surface area contributed by atoms with E-state index in [4.69, 9.17) is 23.6 Å². The molecule has 0 saturated heterocycles. The Morgan fingerprint density at radius 1 is 0.526 bits per heavy atom. The number of phosphoric acid groups is 1. The van der Waals surface area contributed by atoms with Crippen molar-refractivity contribution in [3.63, 3.8) is 0 Å². The molecule has 1 unspecified atom stereocenters. The Hall–Kier alpha value is -1.81. The Morgan fingerprint density at radius 2 is 0.912 bits per heavy atom. The predicted molar refractivity (Wildman–Crippen MR) is 233 cm³/mol. The maximum Gasteiger partial charge on any atom is 0.472 e. The van der Waals surface area contributed by atoms with Crippen molar-refractivity contribution in [1.82, 2.24) is 0 Å². The van der Waals surface area contributed by atoms with Crippen LogP contribution >= 0.6 is 7.82 Å². The van der Waals surface area contributed by atoms with Gasteiger partial charge in [0, 0.05) is 12.8 Å². The number of carbonyl (C=O) groups is 2. The first-order valence-electron chi connectivity index (χ1n) is 23.0. The van der Waals surface area contributed by atoms with Crippen molar-refractivity contribution in [3.05, 3.63) is 36.5 Å². The van der Waals surface area contributed by atoms with Crippen LogP contribution in [0.2, 0.25) is 0 Å². The van der Waals surface area contributed by atoms with Gasteiger partial charge in [0.1, 0.15) is 12.7 Å². The Labute approximate surface area is 348 Å². The summed E-state index contributed by atoms with van der Waals surface area (Å²) >= 11 is 0. The molecule has 0 spiro atoms. The zero-order valence-electron chi connectivity index (χ0n) is 36.3. The smallest absolute Gasteiger partial charge is 0.462 e. The van der Waals surface area contributed by atoms with E-state index >= 15 is 0 Å². The second-order valence-corrected chi connectivity index (χ2v) is 16.9. The van der Waals surface area contributed by atoms with Gasteiger partial charge in [-0.1, -0.05) is 166 Å². The van der Waals surface area contributed by atoms with Gasteiger partial charge >= 0.3 is 19.8 Å². The van der Waals surface area contributed by atoms with Crippen molar-refractivity contribution in [2.75, 3.05) is 26.4 Å². The number of hydrogen-bond acceptors (Lipinski definition) is 9. The molecule has 0 rings (SSSR count). The van der Waals surface area contributed by atoms with Gasteiger partial charge in [0.2, 0.25) is 0 Å². The highest BCUT2D eigenvalue weighted by molar-refractivity contribution is 7.47. The Morgan fingerprint density at radius 3 is 1.39 bits per heavy atom. The van der Waals surface area contributed by atoms with E-state index in [0.717, 1.165) is 57.8 Å². The Bertz CT molecular complexity index is 1050. The molecule has 0 aromatic heterocycles. The second kappa shape index (κ2) is 42.3. The molecule has 3 atom stereocenters. The topological polar surface area (TPSA) is 149 Å². The number of phosphoric ester groups is 1. The lowest BCUT2D eigenvalue weighted by atomic mass is 10.1. The normalized spacial score (nSPS) is 14.1. The summed E-state index contributed by atoms with van der Waals surface area (Å²) in [6, 6.07) is 0. The molecule has 0 aromatic rings. The van der Waals surface area contributed by atoms with Crippen LogP contribution in [0, 0.1) is 0 Å². The minimum Gasteiger partial charge on any atom is -0.462 e. The average Bonchev–Trinajstić information content (AvgIpc) is 3.20. The highest BCUT2D eigenvalue weighted by Gasteiger charge is 2.27. The van der Waals surface area contributed by atoms with Crippen LogP contribution in [0.25, 0.3) is 0 Å². The van der Waals surface area contributed by atoms with Crippen molar-refractivity contribution in [3.8, 4) is 0 Å². The van der Waals surface area contributed by atoms with E-state index in [2.05, 4.69) is 50.3 Å². The van der Waals surface area contributed by atoms with Gasteiger partial charge in [0.25, 0.3) is 0 Å². The van der Waals surface area contributed by atoms with Crippen LogP contribution in [-0.2, 0) is 32.7 Å². The van der Waals surface area contributed by atoms with Crippen LogP contribution in [0.3, 0.4) is 0 Å². The van der Waals surface area contributed by atoms with Crippen molar-refractivity contribution < 1.29 is 47.8 Å². The number of aliphatic hydroxyl groups is 2. The van der Waals surface area contributed by atoms with E-state index in [1.807, 2.05) is 0 Å². The Kier molecular flexibility index (Phi) is 41.0. The summed E-state index contributed by atoms with van der Waals surface area (Å²) in [5.74, 6) is -0.941. The molecule has 0 bridgehead atoms. The molecular formula is C46H85O10P. The summed E-state index contributed by atoms with van der Waals surface area (Å²) in [7, 11) is -4.62. The van der Waals surface area contributed by atoms with Gasteiger partial charge in [0.15, 0.2) is 6.10 Å². The van der Waals surface area contributed by atoms with Gasteiger partial charge in [-0.25, -0.2) is 4.57 Å². The van der Waals surface area contributed by atoms with Gasteiger partial charge < -0.3 is 24.6 Å². The average molecular weight is 829 g/mol. The molecule has 57 heavy (non-hydrogen) atoms. The summed E-state index contributed by atoms with van der Waals surface area (Å²) < 4.78 is 32.7. The lowest BCUT2D eigenvalue weighted by Gasteiger charge is -2.20. The fourth-order valence-corrected chi connectivity index (χ4v) is 7.00.